The number of imidazole rings is 1. The number of nitrogens with one attached hydrogen (secondary N) is 2. The summed E-state index contributed by atoms with van der Waals surface area (Å²) in [6, 6.07) is 21.1. The molecule has 6 rings (SSSR count). The molecular weight excluding hydrogens is 455 g/mol. The second-order valence-electron chi connectivity index (χ2n) is 7.59. The normalized spacial score (nSPS) is 17.6. The van der Waals surface area contributed by atoms with Crippen LogP contribution in [0, 0.1) is 0 Å². The van der Waals surface area contributed by atoms with Gasteiger partial charge in [-0.1, -0.05) is 24.3 Å². The number of hydrogen-bond donors (Lipinski definition) is 2. The van der Waals surface area contributed by atoms with Gasteiger partial charge in [-0.15, -0.1) is 22.7 Å². The molecule has 1 unspecified atom stereocenters. The number of nitrogens with zero attached hydrogens (tertiary/aromatic N) is 3. The minimum Gasteiger partial charge on any atom is -0.345 e. The van der Waals surface area contributed by atoms with Crippen LogP contribution in [0.15, 0.2) is 77.4 Å². The molecule has 0 aliphatic carbocycles. The molecule has 0 saturated carbocycles. The van der Waals surface area contributed by atoms with Crippen molar-refractivity contribution in [3.8, 4) is 0 Å². The monoisotopic (exact) mass is 473 g/mol. The van der Waals surface area contributed by atoms with Crippen molar-refractivity contribution in [1.82, 2.24) is 15.3 Å². The fourth-order valence-electron chi connectivity index (χ4n) is 4.08. The number of H-pyrrole nitrogens is 1. The SMILES string of the molecule is S=C1N/C(=N/CCc2cccs2)C(c2cc3ccccc3s2)N1c1ccc2[nH]cnc2c1. The first-order valence-corrected chi connectivity index (χ1v) is 12.5. The van der Waals surface area contributed by atoms with Gasteiger partial charge < -0.3 is 15.2 Å². The topological polar surface area (TPSA) is 56.3 Å². The van der Waals surface area contributed by atoms with Gasteiger partial charge >= 0.3 is 0 Å². The second-order valence-corrected chi connectivity index (χ2v) is 10.1. The number of thiophene rings is 2. The van der Waals surface area contributed by atoms with Crippen molar-refractivity contribution in [3.05, 3.63) is 82.1 Å². The van der Waals surface area contributed by atoms with E-state index in [0.717, 1.165) is 35.5 Å². The van der Waals surface area contributed by atoms with Gasteiger partial charge in [0.1, 0.15) is 11.9 Å². The predicted octanol–water partition coefficient (Wildman–Crippen LogP) is 5.92. The molecule has 32 heavy (non-hydrogen) atoms. The Bertz CT molecular complexity index is 1410. The van der Waals surface area contributed by atoms with E-state index in [-0.39, 0.29) is 6.04 Å². The lowest BCUT2D eigenvalue weighted by Crippen LogP contribution is -2.29. The molecule has 0 radical (unpaired) electrons. The van der Waals surface area contributed by atoms with Crippen LogP contribution < -0.4 is 10.2 Å². The summed E-state index contributed by atoms with van der Waals surface area (Å²) < 4.78 is 1.26. The van der Waals surface area contributed by atoms with Crippen LogP contribution >= 0.6 is 34.9 Å². The van der Waals surface area contributed by atoms with E-state index in [9.17, 15) is 0 Å². The number of anilines is 1. The summed E-state index contributed by atoms with van der Waals surface area (Å²) in [5.74, 6) is 0.903. The van der Waals surface area contributed by atoms with Gasteiger partial charge in [0.15, 0.2) is 5.11 Å². The maximum atomic E-state index is 5.80. The van der Waals surface area contributed by atoms with E-state index < -0.39 is 0 Å². The number of hydrogen-bond acceptors (Lipinski definition) is 5. The first kappa shape index (κ1) is 19.6. The molecule has 1 aliphatic heterocycles. The molecular formula is C24H19N5S3. The zero-order chi connectivity index (χ0) is 21.5. The number of amidine groups is 1. The lowest BCUT2D eigenvalue weighted by Gasteiger charge is -2.24. The molecule has 1 fully saturated rings. The van der Waals surface area contributed by atoms with Crippen molar-refractivity contribution in [2.75, 3.05) is 11.4 Å². The van der Waals surface area contributed by atoms with Gasteiger partial charge in [-0.3, -0.25) is 4.99 Å². The maximum absolute atomic E-state index is 5.80. The first-order chi connectivity index (χ1) is 15.8. The maximum Gasteiger partial charge on any atom is 0.179 e. The molecule has 5 aromatic rings. The minimum atomic E-state index is -0.0837. The number of aliphatic imine (C=N–C) groups is 1. The number of aromatic nitrogens is 2. The fourth-order valence-corrected chi connectivity index (χ4v) is 6.25. The Morgan fingerprint density at radius 2 is 2.03 bits per heavy atom. The summed E-state index contributed by atoms with van der Waals surface area (Å²) in [5.41, 5.74) is 2.94. The molecule has 1 saturated heterocycles. The van der Waals surface area contributed by atoms with Crippen LogP contribution in [0.5, 0.6) is 0 Å². The Labute approximate surface area is 198 Å². The number of benzene rings is 2. The van der Waals surface area contributed by atoms with Crippen LogP contribution in [0.1, 0.15) is 15.8 Å². The molecule has 4 heterocycles. The molecule has 1 aliphatic rings. The Balaban J connectivity index is 1.42. The fraction of sp³-hybridized carbons (Fsp3) is 0.125. The van der Waals surface area contributed by atoms with Crippen molar-refractivity contribution < 1.29 is 0 Å². The third-order valence-electron chi connectivity index (χ3n) is 5.59. The van der Waals surface area contributed by atoms with Crippen LogP contribution in [0.25, 0.3) is 21.1 Å². The Morgan fingerprint density at radius 3 is 2.91 bits per heavy atom. The summed E-state index contributed by atoms with van der Waals surface area (Å²) in [6.45, 7) is 0.721. The number of rotatable bonds is 5. The lowest BCUT2D eigenvalue weighted by atomic mass is 10.1. The summed E-state index contributed by atoms with van der Waals surface area (Å²) in [6.07, 6.45) is 2.64. The van der Waals surface area contributed by atoms with Gasteiger partial charge in [-0.05, 0) is 59.4 Å². The van der Waals surface area contributed by atoms with Crippen molar-refractivity contribution in [1.29, 1.82) is 0 Å². The molecule has 5 nitrogen and oxygen atoms in total. The highest BCUT2D eigenvalue weighted by Gasteiger charge is 2.37. The van der Waals surface area contributed by atoms with Crippen LogP contribution in [-0.4, -0.2) is 27.5 Å². The third-order valence-corrected chi connectivity index (χ3v) is 7.99. The van der Waals surface area contributed by atoms with Gasteiger partial charge in [-0.25, -0.2) is 4.98 Å². The molecule has 0 bridgehead atoms. The van der Waals surface area contributed by atoms with Crippen molar-refractivity contribution >= 4 is 72.6 Å². The second kappa shape index (κ2) is 8.12. The summed E-state index contributed by atoms with van der Waals surface area (Å²) in [7, 11) is 0. The van der Waals surface area contributed by atoms with E-state index in [0.29, 0.717) is 5.11 Å². The molecule has 8 heteroatoms. The minimum absolute atomic E-state index is 0.0837. The number of thiocarbonyl (C=S) groups is 1. The summed E-state index contributed by atoms with van der Waals surface area (Å²) in [4.78, 5) is 17.3. The molecule has 158 valence electrons. The van der Waals surface area contributed by atoms with E-state index in [4.69, 9.17) is 17.2 Å². The van der Waals surface area contributed by atoms with Crippen LogP contribution in [-0.2, 0) is 6.42 Å². The van der Waals surface area contributed by atoms with Gasteiger partial charge in [0.2, 0.25) is 0 Å². The van der Waals surface area contributed by atoms with Crippen LogP contribution in [0.3, 0.4) is 0 Å². The van der Waals surface area contributed by atoms with E-state index in [1.807, 2.05) is 6.07 Å². The average Bonchev–Trinajstić information content (AvgIpc) is 3.59. The Hall–Kier alpha value is -3.07. The molecule has 1 atom stereocenters. The lowest BCUT2D eigenvalue weighted by molar-refractivity contribution is 0.928. The van der Waals surface area contributed by atoms with Crippen molar-refractivity contribution in [2.24, 2.45) is 4.99 Å². The van der Waals surface area contributed by atoms with Gasteiger partial charge in [-0.2, -0.15) is 0 Å². The van der Waals surface area contributed by atoms with Crippen LogP contribution in [0.4, 0.5) is 5.69 Å². The Morgan fingerprint density at radius 1 is 1.09 bits per heavy atom. The highest BCUT2D eigenvalue weighted by Crippen LogP contribution is 2.38. The third kappa shape index (κ3) is 3.50. The summed E-state index contributed by atoms with van der Waals surface area (Å²) in [5, 5.41) is 7.42. The standard InChI is InChI=1S/C24H19N5S3/c30-24-28-23(25-10-9-17-5-3-11-31-17)22(21-12-15-4-1-2-6-20(15)32-21)29(24)16-7-8-18-19(13-16)27-14-26-18/h1-8,11-14,22H,9-10H2,(H,26,27)(H,25,28,30). The first-order valence-electron chi connectivity index (χ1n) is 10.3. The zero-order valence-electron chi connectivity index (χ0n) is 17.0. The van der Waals surface area contributed by atoms with Gasteiger partial charge in [0.05, 0.1) is 17.4 Å². The molecule has 3 aromatic heterocycles. The Kier molecular flexibility index (Phi) is 4.98. The van der Waals surface area contributed by atoms with Crippen molar-refractivity contribution in [3.63, 3.8) is 0 Å². The average molecular weight is 474 g/mol. The smallest absolute Gasteiger partial charge is 0.179 e. The van der Waals surface area contributed by atoms with E-state index in [1.165, 1.54) is 19.8 Å². The largest absolute Gasteiger partial charge is 0.345 e. The van der Waals surface area contributed by atoms with Crippen molar-refractivity contribution in [2.45, 2.75) is 12.5 Å². The van der Waals surface area contributed by atoms with Gasteiger partial charge in [0.25, 0.3) is 0 Å². The van der Waals surface area contributed by atoms with E-state index in [1.54, 1.807) is 29.0 Å². The highest BCUT2D eigenvalue weighted by atomic mass is 32.1. The number of fused-ring (bicyclic) bond motifs is 2. The van der Waals surface area contributed by atoms with E-state index in [2.05, 4.69) is 80.2 Å². The molecule has 2 N–H and O–H groups in total. The van der Waals surface area contributed by atoms with E-state index >= 15 is 0 Å². The number of aromatic amines is 1. The molecule has 0 spiro atoms. The summed E-state index contributed by atoms with van der Waals surface area (Å²) >= 11 is 9.37. The molecule has 2 aromatic carbocycles. The van der Waals surface area contributed by atoms with Crippen LogP contribution in [0.2, 0.25) is 0 Å². The predicted molar refractivity (Wildman–Crippen MR) is 139 cm³/mol. The molecule has 0 amide bonds. The highest BCUT2D eigenvalue weighted by molar-refractivity contribution is 7.80. The van der Waals surface area contributed by atoms with Gasteiger partial charge in [0, 0.05) is 33.1 Å². The quantitative estimate of drug-likeness (QED) is 0.311. The zero-order valence-corrected chi connectivity index (χ0v) is 19.4.